The van der Waals surface area contributed by atoms with E-state index in [1.807, 2.05) is 24.3 Å². The molecule has 0 heterocycles. The van der Waals surface area contributed by atoms with Crippen molar-refractivity contribution < 1.29 is 9.47 Å². The van der Waals surface area contributed by atoms with Crippen LogP contribution in [-0.4, -0.2) is 33.4 Å². The second-order valence-electron chi connectivity index (χ2n) is 6.03. The molecule has 0 radical (unpaired) electrons. The number of hydrogen-bond acceptors (Lipinski definition) is 3. The van der Waals surface area contributed by atoms with Crippen molar-refractivity contribution in [1.29, 1.82) is 0 Å². The average Bonchev–Trinajstić information content (AvgIpc) is 2.43. The Kier molecular flexibility index (Phi) is 8.30. The number of methoxy groups -OCH3 is 1. The van der Waals surface area contributed by atoms with E-state index < -0.39 is 0 Å². The van der Waals surface area contributed by atoms with Crippen molar-refractivity contribution in [3.05, 3.63) is 28.7 Å². The van der Waals surface area contributed by atoms with Crippen LogP contribution in [0.4, 0.5) is 0 Å². The van der Waals surface area contributed by atoms with Crippen LogP contribution in [0.2, 0.25) is 0 Å². The van der Waals surface area contributed by atoms with Crippen LogP contribution in [0.5, 0.6) is 5.75 Å². The van der Waals surface area contributed by atoms with Crippen LogP contribution in [-0.2, 0) is 4.74 Å². The first kappa shape index (κ1) is 18.5. The third-order valence-electron chi connectivity index (χ3n) is 4.14. The highest BCUT2D eigenvalue weighted by Crippen LogP contribution is 2.30. The molecule has 0 bridgehead atoms. The van der Waals surface area contributed by atoms with Gasteiger partial charge in [0, 0.05) is 24.7 Å². The van der Waals surface area contributed by atoms with Gasteiger partial charge >= 0.3 is 0 Å². The molecule has 120 valence electrons. The van der Waals surface area contributed by atoms with Crippen LogP contribution in [0.15, 0.2) is 28.7 Å². The highest BCUT2D eigenvalue weighted by atomic mass is 79.9. The number of benzene rings is 1. The van der Waals surface area contributed by atoms with E-state index in [2.05, 4.69) is 42.0 Å². The molecular weight excluding hydrogens is 330 g/mol. The van der Waals surface area contributed by atoms with Crippen LogP contribution >= 0.6 is 15.9 Å². The summed E-state index contributed by atoms with van der Waals surface area (Å²) in [7, 11) is 1.73. The molecule has 0 saturated heterocycles. The molecule has 1 aromatic rings. The van der Waals surface area contributed by atoms with Gasteiger partial charge in [-0.15, -0.1) is 0 Å². The third kappa shape index (κ3) is 6.81. The average molecular weight is 358 g/mol. The van der Waals surface area contributed by atoms with Gasteiger partial charge < -0.3 is 14.8 Å². The first-order chi connectivity index (χ1) is 9.98. The van der Waals surface area contributed by atoms with Gasteiger partial charge in [-0.05, 0) is 36.0 Å². The predicted octanol–water partition coefficient (Wildman–Crippen LogP) is 4.12. The molecule has 0 spiro atoms. The Morgan fingerprint density at radius 2 is 2.05 bits per heavy atom. The molecule has 0 aliphatic rings. The summed E-state index contributed by atoms with van der Waals surface area (Å²) in [4.78, 5) is 0. The standard InChI is InChI=1S/C17H28BrNO2/c1-14(2)17(3,13-19-9-11-20-4)8-10-21-16-7-5-6-15(18)12-16/h5-7,12,14,19H,8-11,13H2,1-4H3. The Bertz CT molecular complexity index is 412. The number of nitrogens with one attached hydrogen (secondary N) is 1. The first-order valence-corrected chi connectivity index (χ1v) is 8.35. The molecule has 1 atom stereocenters. The van der Waals surface area contributed by atoms with Gasteiger partial charge in [-0.25, -0.2) is 0 Å². The zero-order valence-corrected chi connectivity index (χ0v) is 15.2. The van der Waals surface area contributed by atoms with E-state index in [4.69, 9.17) is 9.47 Å². The van der Waals surface area contributed by atoms with Crippen molar-refractivity contribution in [2.45, 2.75) is 27.2 Å². The Hall–Kier alpha value is -0.580. The summed E-state index contributed by atoms with van der Waals surface area (Å²) in [6.07, 6.45) is 1.02. The molecule has 1 rings (SSSR count). The van der Waals surface area contributed by atoms with Crippen LogP contribution in [0.1, 0.15) is 27.2 Å². The number of hydrogen-bond donors (Lipinski definition) is 1. The Labute approximate surface area is 137 Å². The molecule has 0 amide bonds. The summed E-state index contributed by atoms with van der Waals surface area (Å²) in [5.74, 6) is 1.52. The fourth-order valence-corrected chi connectivity index (χ4v) is 2.47. The van der Waals surface area contributed by atoms with Crippen LogP contribution in [0.3, 0.4) is 0 Å². The molecule has 21 heavy (non-hydrogen) atoms. The minimum atomic E-state index is 0.222. The predicted molar refractivity (Wildman–Crippen MR) is 91.9 cm³/mol. The first-order valence-electron chi connectivity index (χ1n) is 7.56. The van der Waals surface area contributed by atoms with Crippen LogP contribution < -0.4 is 10.1 Å². The second-order valence-corrected chi connectivity index (χ2v) is 6.95. The van der Waals surface area contributed by atoms with Crippen molar-refractivity contribution >= 4 is 15.9 Å². The molecule has 0 aliphatic heterocycles. The maximum atomic E-state index is 5.88. The molecule has 1 unspecified atom stereocenters. The van der Waals surface area contributed by atoms with E-state index >= 15 is 0 Å². The molecule has 0 aliphatic carbocycles. The summed E-state index contributed by atoms with van der Waals surface area (Å²) in [6.45, 7) is 10.2. The molecule has 3 nitrogen and oxygen atoms in total. The highest BCUT2D eigenvalue weighted by molar-refractivity contribution is 9.10. The quantitative estimate of drug-likeness (QED) is 0.639. The van der Waals surface area contributed by atoms with Gasteiger partial charge in [-0.2, -0.15) is 0 Å². The van der Waals surface area contributed by atoms with Gasteiger partial charge in [0.05, 0.1) is 13.2 Å². The van der Waals surface area contributed by atoms with Crippen LogP contribution in [0, 0.1) is 11.3 Å². The largest absolute Gasteiger partial charge is 0.494 e. The monoisotopic (exact) mass is 357 g/mol. The minimum absolute atomic E-state index is 0.222. The van der Waals surface area contributed by atoms with E-state index in [0.717, 1.165) is 42.9 Å². The fourth-order valence-electron chi connectivity index (χ4n) is 2.09. The van der Waals surface area contributed by atoms with E-state index in [0.29, 0.717) is 5.92 Å². The minimum Gasteiger partial charge on any atom is -0.494 e. The third-order valence-corrected chi connectivity index (χ3v) is 4.64. The molecule has 1 aromatic carbocycles. The molecule has 0 fully saturated rings. The summed E-state index contributed by atoms with van der Waals surface area (Å²) in [6, 6.07) is 8.00. The van der Waals surface area contributed by atoms with Gasteiger partial charge in [-0.1, -0.05) is 42.8 Å². The van der Waals surface area contributed by atoms with Crippen molar-refractivity contribution in [2.24, 2.45) is 11.3 Å². The Morgan fingerprint density at radius 3 is 2.67 bits per heavy atom. The number of rotatable bonds is 10. The zero-order valence-electron chi connectivity index (χ0n) is 13.6. The lowest BCUT2D eigenvalue weighted by molar-refractivity contribution is 0.142. The van der Waals surface area contributed by atoms with E-state index in [9.17, 15) is 0 Å². The van der Waals surface area contributed by atoms with E-state index in [1.54, 1.807) is 7.11 Å². The number of halogens is 1. The second kappa shape index (κ2) is 9.44. The fraction of sp³-hybridized carbons (Fsp3) is 0.647. The normalized spacial score (nSPS) is 14.2. The van der Waals surface area contributed by atoms with Crippen molar-refractivity contribution in [1.82, 2.24) is 5.32 Å². The van der Waals surface area contributed by atoms with Gasteiger partial charge in [0.1, 0.15) is 5.75 Å². The van der Waals surface area contributed by atoms with Gasteiger partial charge in [0.15, 0.2) is 0 Å². The topological polar surface area (TPSA) is 30.5 Å². The van der Waals surface area contributed by atoms with Crippen molar-refractivity contribution in [3.63, 3.8) is 0 Å². The summed E-state index contributed by atoms with van der Waals surface area (Å²) < 4.78 is 12.0. The number of ether oxygens (including phenoxy) is 2. The summed E-state index contributed by atoms with van der Waals surface area (Å²) in [5, 5.41) is 3.48. The molecular formula is C17H28BrNO2. The Balaban J connectivity index is 2.42. The molecule has 0 aromatic heterocycles. The van der Waals surface area contributed by atoms with Crippen molar-refractivity contribution in [2.75, 3.05) is 33.4 Å². The van der Waals surface area contributed by atoms with Gasteiger partial charge in [0.2, 0.25) is 0 Å². The van der Waals surface area contributed by atoms with Crippen molar-refractivity contribution in [3.8, 4) is 5.75 Å². The maximum absolute atomic E-state index is 5.88. The van der Waals surface area contributed by atoms with E-state index in [-0.39, 0.29) is 5.41 Å². The maximum Gasteiger partial charge on any atom is 0.120 e. The Morgan fingerprint density at radius 1 is 1.29 bits per heavy atom. The van der Waals surface area contributed by atoms with Gasteiger partial charge in [-0.3, -0.25) is 0 Å². The van der Waals surface area contributed by atoms with E-state index in [1.165, 1.54) is 0 Å². The smallest absolute Gasteiger partial charge is 0.120 e. The summed E-state index contributed by atoms with van der Waals surface area (Å²) in [5.41, 5.74) is 0.222. The lowest BCUT2D eigenvalue weighted by Gasteiger charge is -2.34. The molecule has 1 N–H and O–H groups in total. The SMILES string of the molecule is COCCNCC(C)(CCOc1cccc(Br)c1)C(C)C. The molecule has 0 saturated carbocycles. The lowest BCUT2D eigenvalue weighted by Crippen LogP contribution is -2.38. The van der Waals surface area contributed by atoms with Gasteiger partial charge in [0.25, 0.3) is 0 Å². The zero-order chi connectivity index (χ0) is 15.7. The summed E-state index contributed by atoms with van der Waals surface area (Å²) >= 11 is 3.46. The highest BCUT2D eigenvalue weighted by Gasteiger charge is 2.27. The lowest BCUT2D eigenvalue weighted by atomic mass is 9.76. The van der Waals surface area contributed by atoms with Crippen LogP contribution in [0.25, 0.3) is 0 Å². The molecule has 4 heteroatoms.